The Kier molecular flexibility index (Phi) is 5.82. The van der Waals surface area contributed by atoms with Gasteiger partial charge in [-0.3, -0.25) is 10.1 Å². The number of benzene rings is 3. The van der Waals surface area contributed by atoms with Crippen LogP contribution < -0.4 is 4.74 Å². The van der Waals surface area contributed by atoms with Crippen molar-refractivity contribution in [2.75, 3.05) is 0 Å². The van der Waals surface area contributed by atoms with Crippen LogP contribution >= 0.6 is 11.3 Å². The Morgan fingerprint density at radius 2 is 1.76 bits per heavy atom. The normalized spacial score (nSPS) is 15.0. The van der Waals surface area contributed by atoms with Gasteiger partial charge in [-0.25, -0.2) is 4.98 Å². The molecular formula is C25H19N3O4S. The van der Waals surface area contributed by atoms with E-state index in [2.05, 4.69) is 10.1 Å². The molecule has 0 fully saturated rings. The Morgan fingerprint density at radius 1 is 1.00 bits per heavy atom. The first-order chi connectivity index (χ1) is 16.2. The summed E-state index contributed by atoms with van der Waals surface area (Å²) in [6.07, 6.45) is 0.398. The number of non-ortho nitro benzene ring substituents is 1. The predicted molar refractivity (Wildman–Crippen MR) is 126 cm³/mol. The fourth-order valence-electron chi connectivity index (χ4n) is 3.52. The van der Waals surface area contributed by atoms with Crippen LogP contribution in [0.3, 0.4) is 0 Å². The number of rotatable bonds is 7. The van der Waals surface area contributed by atoms with Gasteiger partial charge in [0.05, 0.1) is 16.3 Å². The van der Waals surface area contributed by atoms with Crippen LogP contribution in [0.5, 0.6) is 5.75 Å². The van der Waals surface area contributed by atoms with E-state index in [1.54, 1.807) is 23.5 Å². The third-order valence-corrected chi connectivity index (χ3v) is 6.23. The van der Waals surface area contributed by atoms with E-state index in [1.165, 1.54) is 12.1 Å². The molecule has 164 valence electrons. The van der Waals surface area contributed by atoms with E-state index in [-0.39, 0.29) is 11.8 Å². The standard InChI is InChI=1S/C25H19N3O4S/c29-28(30)21-10-6-17(7-11-21)23-14-24(32-27-23)18-8-12-22(13-9-18)31-15-20-16-33-25(26-20)19-4-2-1-3-5-19/h1-13,16,24H,14-15H2. The number of nitrogens with zero attached hydrogens (tertiary/aromatic N) is 3. The summed E-state index contributed by atoms with van der Waals surface area (Å²) in [5, 5.41) is 18.0. The molecule has 7 nitrogen and oxygen atoms in total. The summed E-state index contributed by atoms with van der Waals surface area (Å²) in [6.45, 7) is 0.399. The molecule has 0 bridgehead atoms. The van der Waals surface area contributed by atoms with Crippen molar-refractivity contribution in [2.24, 2.45) is 5.16 Å². The van der Waals surface area contributed by atoms with E-state index in [0.717, 1.165) is 38.9 Å². The number of ether oxygens (including phenoxy) is 1. The molecule has 0 aliphatic carbocycles. The van der Waals surface area contributed by atoms with Crippen molar-refractivity contribution in [3.63, 3.8) is 0 Å². The maximum Gasteiger partial charge on any atom is 0.269 e. The van der Waals surface area contributed by atoms with Crippen molar-refractivity contribution >= 4 is 22.7 Å². The zero-order chi connectivity index (χ0) is 22.6. The van der Waals surface area contributed by atoms with Crippen LogP contribution in [0.2, 0.25) is 0 Å². The Balaban J connectivity index is 1.17. The lowest BCUT2D eigenvalue weighted by Gasteiger charge is -2.10. The van der Waals surface area contributed by atoms with Gasteiger partial charge in [0.2, 0.25) is 0 Å². The molecule has 1 unspecified atom stereocenters. The molecule has 1 aliphatic rings. The van der Waals surface area contributed by atoms with Crippen molar-refractivity contribution in [1.82, 2.24) is 4.98 Å². The summed E-state index contributed by atoms with van der Waals surface area (Å²) in [5.41, 5.74) is 4.63. The number of hydrogen-bond donors (Lipinski definition) is 0. The summed E-state index contributed by atoms with van der Waals surface area (Å²) in [4.78, 5) is 20.7. The third-order valence-electron chi connectivity index (χ3n) is 5.29. The van der Waals surface area contributed by atoms with E-state index < -0.39 is 4.92 Å². The molecule has 5 rings (SSSR count). The second-order valence-corrected chi connectivity index (χ2v) is 8.37. The number of aromatic nitrogens is 1. The molecule has 8 heteroatoms. The minimum absolute atomic E-state index is 0.0549. The summed E-state index contributed by atoms with van der Waals surface area (Å²) in [7, 11) is 0. The Bertz CT molecular complexity index is 1290. The van der Waals surface area contributed by atoms with E-state index in [0.29, 0.717) is 13.0 Å². The molecule has 0 amide bonds. The first kappa shape index (κ1) is 20.8. The highest BCUT2D eigenvalue weighted by Gasteiger charge is 2.24. The Morgan fingerprint density at radius 3 is 2.48 bits per heavy atom. The molecule has 1 atom stereocenters. The predicted octanol–water partition coefficient (Wildman–Crippen LogP) is 6.16. The topological polar surface area (TPSA) is 86.9 Å². The molecule has 1 aromatic heterocycles. The van der Waals surface area contributed by atoms with Gasteiger partial charge in [0, 0.05) is 29.5 Å². The quantitative estimate of drug-likeness (QED) is 0.245. The molecule has 1 aliphatic heterocycles. The summed E-state index contributed by atoms with van der Waals surface area (Å²) in [6, 6.07) is 24.2. The number of nitro groups is 1. The van der Waals surface area contributed by atoms with Crippen LogP contribution in [0.4, 0.5) is 5.69 Å². The Labute approximate surface area is 194 Å². The zero-order valence-electron chi connectivity index (χ0n) is 17.5. The maximum absolute atomic E-state index is 10.8. The average molecular weight is 458 g/mol. The molecule has 33 heavy (non-hydrogen) atoms. The molecule has 0 saturated carbocycles. The highest BCUT2D eigenvalue weighted by Crippen LogP contribution is 2.31. The van der Waals surface area contributed by atoms with Gasteiger partial charge in [0.25, 0.3) is 5.69 Å². The van der Waals surface area contributed by atoms with Gasteiger partial charge in [0.15, 0.2) is 6.10 Å². The monoisotopic (exact) mass is 457 g/mol. The van der Waals surface area contributed by atoms with Crippen molar-refractivity contribution in [2.45, 2.75) is 19.1 Å². The van der Waals surface area contributed by atoms with Crippen LogP contribution in [0.25, 0.3) is 10.6 Å². The van der Waals surface area contributed by atoms with Gasteiger partial charge >= 0.3 is 0 Å². The van der Waals surface area contributed by atoms with Gasteiger partial charge in [-0.1, -0.05) is 47.6 Å². The lowest BCUT2D eigenvalue weighted by atomic mass is 10.00. The minimum Gasteiger partial charge on any atom is -0.487 e. The summed E-state index contributed by atoms with van der Waals surface area (Å²) >= 11 is 1.60. The molecule has 4 aromatic rings. The van der Waals surface area contributed by atoms with Crippen molar-refractivity contribution in [1.29, 1.82) is 0 Å². The second-order valence-electron chi connectivity index (χ2n) is 7.51. The number of thiazole rings is 1. The zero-order valence-corrected chi connectivity index (χ0v) is 18.3. The molecule has 3 aromatic carbocycles. The first-order valence-electron chi connectivity index (χ1n) is 10.4. The van der Waals surface area contributed by atoms with Gasteiger partial charge < -0.3 is 9.57 Å². The van der Waals surface area contributed by atoms with Crippen molar-refractivity contribution in [3.8, 4) is 16.3 Å². The third kappa shape index (κ3) is 4.75. The molecule has 2 heterocycles. The van der Waals surface area contributed by atoms with E-state index in [9.17, 15) is 10.1 Å². The highest BCUT2D eigenvalue weighted by molar-refractivity contribution is 7.13. The molecule has 0 saturated heterocycles. The minimum atomic E-state index is -0.417. The van der Waals surface area contributed by atoms with E-state index >= 15 is 0 Å². The first-order valence-corrected chi connectivity index (χ1v) is 11.2. The van der Waals surface area contributed by atoms with Crippen LogP contribution in [-0.2, 0) is 11.4 Å². The molecule has 0 radical (unpaired) electrons. The average Bonchev–Trinajstić information content (AvgIpc) is 3.54. The van der Waals surface area contributed by atoms with Crippen LogP contribution in [0, 0.1) is 10.1 Å². The van der Waals surface area contributed by atoms with E-state index in [4.69, 9.17) is 9.57 Å². The molecular weight excluding hydrogens is 438 g/mol. The lowest BCUT2D eigenvalue weighted by molar-refractivity contribution is -0.384. The van der Waals surface area contributed by atoms with Crippen LogP contribution in [0.15, 0.2) is 89.4 Å². The van der Waals surface area contributed by atoms with Gasteiger partial charge in [-0.15, -0.1) is 11.3 Å². The smallest absolute Gasteiger partial charge is 0.269 e. The van der Waals surface area contributed by atoms with Crippen LogP contribution in [-0.4, -0.2) is 15.6 Å². The van der Waals surface area contributed by atoms with Gasteiger partial charge in [-0.05, 0) is 35.4 Å². The highest BCUT2D eigenvalue weighted by atomic mass is 32.1. The van der Waals surface area contributed by atoms with Gasteiger partial charge in [-0.2, -0.15) is 0 Å². The van der Waals surface area contributed by atoms with Crippen LogP contribution in [0.1, 0.15) is 29.3 Å². The lowest BCUT2D eigenvalue weighted by Crippen LogP contribution is -2.02. The van der Waals surface area contributed by atoms with Gasteiger partial charge in [0.1, 0.15) is 17.4 Å². The Hall–Kier alpha value is -4.04. The van der Waals surface area contributed by atoms with Crippen molar-refractivity contribution in [3.05, 3.63) is 111 Å². The second kappa shape index (κ2) is 9.22. The largest absolute Gasteiger partial charge is 0.487 e. The molecule has 0 spiro atoms. The van der Waals surface area contributed by atoms with Crippen molar-refractivity contribution < 1.29 is 14.5 Å². The number of oxime groups is 1. The van der Waals surface area contributed by atoms with E-state index in [1.807, 2.05) is 60.0 Å². The number of nitro benzene ring substituents is 1. The maximum atomic E-state index is 10.8. The number of hydrogen-bond acceptors (Lipinski definition) is 7. The SMILES string of the molecule is O=[N+]([O-])c1ccc(C2=NOC(c3ccc(OCc4csc(-c5ccccc5)n4)cc3)C2)cc1. The summed E-state index contributed by atoms with van der Waals surface area (Å²) in [5.74, 6) is 0.752. The fourth-order valence-corrected chi connectivity index (χ4v) is 4.34. The fraction of sp³-hybridized carbons (Fsp3) is 0.120. The summed E-state index contributed by atoms with van der Waals surface area (Å²) < 4.78 is 5.90. The molecule has 0 N–H and O–H groups in total.